The summed E-state index contributed by atoms with van der Waals surface area (Å²) in [5.41, 5.74) is 1.00. The van der Waals surface area contributed by atoms with Crippen molar-refractivity contribution >= 4 is 11.8 Å². The van der Waals surface area contributed by atoms with E-state index < -0.39 is 0 Å². The van der Waals surface area contributed by atoms with Crippen molar-refractivity contribution in [3.8, 4) is 0 Å². The first-order valence-electron chi connectivity index (χ1n) is 6.03. The SMILES string of the molecule is COC(=O)CCCCCC1=CCCCC1=O. The summed E-state index contributed by atoms with van der Waals surface area (Å²) in [4.78, 5) is 22.3. The van der Waals surface area contributed by atoms with E-state index in [1.54, 1.807) is 0 Å². The van der Waals surface area contributed by atoms with Crippen molar-refractivity contribution < 1.29 is 14.3 Å². The van der Waals surface area contributed by atoms with Gasteiger partial charge in [0.25, 0.3) is 0 Å². The molecule has 0 heterocycles. The van der Waals surface area contributed by atoms with Gasteiger partial charge in [-0.3, -0.25) is 9.59 Å². The van der Waals surface area contributed by atoms with E-state index in [1.165, 1.54) is 7.11 Å². The van der Waals surface area contributed by atoms with Gasteiger partial charge in [0.05, 0.1) is 7.11 Å². The predicted molar refractivity (Wildman–Crippen MR) is 62.0 cm³/mol. The quantitative estimate of drug-likeness (QED) is 0.514. The van der Waals surface area contributed by atoms with Crippen LogP contribution in [-0.4, -0.2) is 18.9 Å². The highest BCUT2D eigenvalue weighted by Gasteiger charge is 2.12. The van der Waals surface area contributed by atoms with Crippen LogP contribution in [0, 0.1) is 0 Å². The average Bonchev–Trinajstić information content (AvgIpc) is 2.30. The molecule has 0 saturated carbocycles. The van der Waals surface area contributed by atoms with E-state index in [9.17, 15) is 9.59 Å². The maximum atomic E-state index is 11.5. The van der Waals surface area contributed by atoms with E-state index in [-0.39, 0.29) is 5.97 Å². The highest BCUT2D eigenvalue weighted by molar-refractivity contribution is 5.95. The number of hydrogen-bond donors (Lipinski definition) is 0. The van der Waals surface area contributed by atoms with E-state index in [0.717, 1.165) is 44.1 Å². The molecule has 3 nitrogen and oxygen atoms in total. The molecule has 0 atom stereocenters. The first kappa shape index (κ1) is 12.9. The molecule has 0 radical (unpaired) electrons. The van der Waals surface area contributed by atoms with Crippen molar-refractivity contribution in [1.82, 2.24) is 0 Å². The number of methoxy groups -OCH3 is 1. The van der Waals surface area contributed by atoms with Crippen LogP contribution in [0.3, 0.4) is 0 Å². The number of Topliss-reactive ketones (excluding diaryl/α,β-unsaturated/α-hetero) is 1. The van der Waals surface area contributed by atoms with E-state index in [1.807, 2.05) is 0 Å². The van der Waals surface area contributed by atoms with Crippen molar-refractivity contribution in [2.24, 2.45) is 0 Å². The molecular weight excluding hydrogens is 204 g/mol. The summed E-state index contributed by atoms with van der Waals surface area (Å²) < 4.78 is 4.56. The van der Waals surface area contributed by atoms with Crippen LogP contribution in [0.1, 0.15) is 51.4 Å². The van der Waals surface area contributed by atoms with Gasteiger partial charge < -0.3 is 4.74 Å². The van der Waals surface area contributed by atoms with Crippen molar-refractivity contribution in [3.05, 3.63) is 11.6 Å². The molecule has 16 heavy (non-hydrogen) atoms. The fraction of sp³-hybridized carbons (Fsp3) is 0.692. The lowest BCUT2D eigenvalue weighted by Gasteiger charge is -2.11. The Morgan fingerprint density at radius 2 is 2.19 bits per heavy atom. The maximum absolute atomic E-state index is 11.5. The van der Waals surface area contributed by atoms with Crippen LogP contribution in [0.15, 0.2) is 11.6 Å². The van der Waals surface area contributed by atoms with Gasteiger partial charge >= 0.3 is 5.97 Å². The van der Waals surface area contributed by atoms with Crippen LogP contribution >= 0.6 is 0 Å². The fourth-order valence-corrected chi connectivity index (χ4v) is 1.92. The molecular formula is C13H20O3. The topological polar surface area (TPSA) is 43.4 Å². The van der Waals surface area contributed by atoms with Gasteiger partial charge in [0, 0.05) is 12.8 Å². The number of unbranched alkanes of at least 4 members (excludes halogenated alkanes) is 2. The zero-order chi connectivity index (χ0) is 11.8. The largest absolute Gasteiger partial charge is 0.469 e. The lowest BCUT2D eigenvalue weighted by Crippen LogP contribution is -2.07. The molecule has 0 aromatic heterocycles. The van der Waals surface area contributed by atoms with Gasteiger partial charge in [-0.15, -0.1) is 0 Å². The predicted octanol–water partition coefficient (Wildman–Crippen LogP) is 2.79. The smallest absolute Gasteiger partial charge is 0.305 e. The van der Waals surface area contributed by atoms with Gasteiger partial charge in [0.2, 0.25) is 0 Å². The van der Waals surface area contributed by atoms with E-state index >= 15 is 0 Å². The van der Waals surface area contributed by atoms with Gasteiger partial charge in [0.15, 0.2) is 5.78 Å². The van der Waals surface area contributed by atoms with E-state index in [4.69, 9.17) is 0 Å². The first-order valence-corrected chi connectivity index (χ1v) is 6.03. The number of esters is 1. The first-order chi connectivity index (χ1) is 7.74. The van der Waals surface area contributed by atoms with Gasteiger partial charge in [-0.25, -0.2) is 0 Å². The Kier molecular flexibility index (Phi) is 5.83. The minimum absolute atomic E-state index is 0.145. The number of allylic oxidation sites excluding steroid dienone is 2. The van der Waals surface area contributed by atoms with Crippen molar-refractivity contribution in [2.75, 3.05) is 7.11 Å². The molecule has 0 saturated heterocycles. The second-order valence-electron chi connectivity index (χ2n) is 4.18. The molecule has 0 aromatic carbocycles. The molecule has 0 aliphatic heterocycles. The molecule has 0 aromatic rings. The number of rotatable bonds is 6. The van der Waals surface area contributed by atoms with Crippen molar-refractivity contribution in [1.29, 1.82) is 0 Å². The zero-order valence-corrected chi connectivity index (χ0v) is 9.96. The van der Waals surface area contributed by atoms with Crippen LogP contribution in [0.25, 0.3) is 0 Å². The van der Waals surface area contributed by atoms with E-state index in [0.29, 0.717) is 18.6 Å². The maximum Gasteiger partial charge on any atom is 0.305 e. The normalized spacial score (nSPS) is 15.8. The van der Waals surface area contributed by atoms with Crippen LogP contribution in [0.2, 0.25) is 0 Å². The Morgan fingerprint density at radius 3 is 2.88 bits per heavy atom. The summed E-state index contributed by atoms with van der Waals surface area (Å²) in [6, 6.07) is 0. The van der Waals surface area contributed by atoms with Gasteiger partial charge in [-0.2, -0.15) is 0 Å². The fourth-order valence-electron chi connectivity index (χ4n) is 1.92. The van der Waals surface area contributed by atoms with Crippen LogP contribution < -0.4 is 0 Å². The lowest BCUT2D eigenvalue weighted by atomic mass is 9.94. The van der Waals surface area contributed by atoms with E-state index in [2.05, 4.69) is 10.8 Å². The summed E-state index contributed by atoms with van der Waals surface area (Å²) in [6.45, 7) is 0. The molecule has 90 valence electrons. The number of ether oxygens (including phenoxy) is 1. The molecule has 0 bridgehead atoms. The molecule has 0 unspecified atom stereocenters. The Hall–Kier alpha value is -1.12. The Bertz CT molecular complexity index is 279. The minimum Gasteiger partial charge on any atom is -0.469 e. The van der Waals surface area contributed by atoms with Crippen molar-refractivity contribution in [3.63, 3.8) is 0 Å². The third-order valence-electron chi connectivity index (χ3n) is 2.91. The lowest BCUT2D eigenvalue weighted by molar-refractivity contribution is -0.140. The molecule has 1 aliphatic carbocycles. The summed E-state index contributed by atoms with van der Waals surface area (Å²) >= 11 is 0. The average molecular weight is 224 g/mol. The van der Waals surface area contributed by atoms with Gasteiger partial charge in [0.1, 0.15) is 0 Å². The molecule has 1 rings (SSSR count). The summed E-state index contributed by atoms with van der Waals surface area (Å²) in [5, 5.41) is 0. The molecule has 0 amide bonds. The minimum atomic E-state index is -0.145. The Labute approximate surface area is 96.9 Å². The van der Waals surface area contributed by atoms with Crippen LogP contribution in [-0.2, 0) is 14.3 Å². The Morgan fingerprint density at radius 1 is 1.38 bits per heavy atom. The van der Waals surface area contributed by atoms with Gasteiger partial charge in [-0.1, -0.05) is 12.5 Å². The number of ketones is 1. The third-order valence-corrected chi connectivity index (χ3v) is 2.91. The standard InChI is InChI=1S/C13H20O3/c1-16-13(15)10-4-2-3-7-11-8-5-6-9-12(11)14/h8H,2-7,9-10H2,1H3. The second-order valence-corrected chi connectivity index (χ2v) is 4.18. The molecule has 1 aliphatic rings. The summed E-state index contributed by atoms with van der Waals surface area (Å²) in [6.07, 6.45) is 9.04. The summed E-state index contributed by atoms with van der Waals surface area (Å²) in [7, 11) is 1.41. The number of carbonyl (C=O) groups excluding carboxylic acids is 2. The van der Waals surface area contributed by atoms with Crippen LogP contribution in [0.5, 0.6) is 0 Å². The third kappa shape index (κ3) is 4.60. The Balaban J connectivity index is 2.09. The molecule has 0 fully saturated rings. The summed E-state index contributed by atoms with van der Waals surface area (Å²) in [5.74, 6) is 0.173. The highest BCUT2D eigenvalue weighted by atomic mass is 16.5. The molecule has 0 N–H and O–H groups in total. The van der Waals surface area contributed by atoms with Crippen molar-refractivity contribution in [2.45, 2.75) is 51.4 Å². The van der Waals surface area contributed by atoms with Gasteiger partial charge in [-0.05, 0) is 37.7 Å². The van der Waals surface area contributed by atoms with Crippen LogP contribution in [0.4, 0.5) is 0 Å². The molecule has 0 spiro atoms. The zero-order valence-electron chi connectivity index (χ0n) is 9.96. The molecule has 3 heteroatoms. The number of hydrogen-bond acceptors (Lipinski definition) is 3. The highest BCUT2D eigenvalue weighted by Crippen LogP contribution is 2.19. The second kappa shape index (κ2) is 7.20. The number of carbonyl (C=O) groups is 2. The monoisotopic (exact) mass is 224 g/mol.